The van der Waals surface area contributed by atoms with E-state index in [1.54, 1.807) is 11.3 Å². The minimum absolute atomic E-state index is 0.314. The van der Waals surface area contributed by atoms with Gasteiger partial charge in [-0.3, -0.25) is 9.69 Å². The van der Waals surface area contributed by atoms with Gasteiger partial charge in [-0.1, -0.05) is 19.8 Å². The van der Waals surface area contributed by atoms with Gasteiger partial charge in [0.1, 0.15) is 6.10 Å². The Morgan fingerprint density at radius 2 is 2.00 bits per heavy atom. The fourth-order valence-electron chi connectivity index (χ4n) is 4.97. The van der Waals surface area contributed by atoms with E-state index in [9.17, 15) is 4.79 Å². The lowest BCUT2D eigenvalue weighted by atomic mass is 9.81. The zero-order valence-corrected chi connectivity index (χ0v) is 18.6. The first-order chi connectivity index (χ1) is 13.5. The van der Waals surface area contributed by atoms with E-state index in [2.05, 4.69) is 36.6 Å². The van der Waals surface area contributed by atoms with E-state index in [1.165, 1.54) is 36.1 Å². The van der Waals surface area contributed by atoms with E-state index in [0.29, 0.717) is 24.0 Å². The summed E-state index contributed by atoms with van der Waals surface area (Å²) in [7, 11) is 0. The Kier molecular flexibility index (Phi) is 6.31. The van der Waals surface area contributed by atoms with Crippen LogP contribution in [0.3, 0.4) is 0 Å². The second-order valence-corrected chi connectivity index (χ2v) is 10.6. The van der Waals surface area contributed by atoms with Crippen molar-refractivity contribution in [2.24, 2.45) is 11.8 Å². The first-order valence-electron chi connectivity index (χ1n) is 11.3. The van der Waals surface area contributed by atoms with Crippen molar-refractivity contribution in [3.8, 4) is 5.06 Å². The van der Waals surface area contributed by atoms with Gasteiger partial charge in [-0.15, -0.1) is 11.3 Å². The van der Waals surface area contributed by atoms with E-state index in [1.807, 2.05) is 0 Å². The van der Waals surface area contributed by atoms with E-state index >= 15 is 0 Å². The summed E-state index contributed by atoms with van der Waals surface area (Å²) in [6.07, 6.45) is 8.22. The molecule has 1 aromatic heterocycles. The molecule has 4 rings (SSSR count). The molecule has 1 saturated heterocycles. The molecule has 3 aliphatic rings. The minimum Gasteiger partial charge on any atom is -0.479 e. The van der Waals surface area contributed by atoms with Gasteiger partial charge in [0.2, 0.25) is 5.91 Å². The first kappa shape index (κ1) is 20.2. The molecule has 1 unspecified atom stereocenters. The molecule has 1 atom stereocenters. The molecule has 0 aromatic carbocycles. The van der Waals surface area contributed by atoms with E-state index < -0.39 is 0 Å². The Bertz CT molecular complexity index is 678. The van der Waals surface area contributed by atoms with Crippen molar-refractivity contribution in [1.29, 1.82) is 0 Å². The van der Waals surface area contributed by atoms with E-state index in [-0.39, 0.29) is 0 Å². The average molecular weight is 405 g/mol. The summed E-state index contributed by atoms with van der Waals surface area (Å²) >= 11 is 1.80. The van der Waals surface area contributed by atoms with Gasteiger partial charge in [-0.2, -0.15) is 0 Å². The van der Waals surface area contributed by atoms with Crippen molar-refractivity contribution >= 4 is 17.2 Å². The number of hydrogen-bond acceptors (Lipinski definition) is 4. The van der Waals surface area contributed by atoms with Crippen molar-refractivity contribution in [3.05, 3.63) is 16.5 Å². The van der Waals surface area contributed by atoms with Gasteiger partial charge in [-0.25, -0.2) is 0 Å². The lowest BCUT2D eigenvalue weighted by Gasteiger charge is -2.30. The summed E-state index contributed by atoms with van der Waals surface area (Å²) in [5, 5.41) is 1.05. The maximum atomic E-state index is 12.8. The fourth-order valence-corrected chi connectivity index (χ4v) is 6.05. The molecule has 0 spiro atoms. The normalized spacial score (nSPS) is 28.6. The molecule has 1 aliphatic carbocycles. The molecule has 0 N–H and O–H groups in total. The van der Waals surface area contributed by atoms with Crippen LogP contribution in [0.25, 0.3) is 0 Å². The van der Waals surface area contributed by atoms with Crippen LogP contribution >= 0.6 is 11.3 Å². The third-order valence-electron chi connectivity index (χ3n) is 6.98. The Balaban J connectivity index is 1.30. The summed E-state index contributed by atoms with van der Waals surface area (Å²) in [4.78, 5) is 18.8. The third kappa shape index (κ3) is 4.73. The topological polar surface area (TPSA) is 32.8 Å². The highest BCUT2D eigenvalue weighted by molar-refractivity contribution is 7.14. The number of ether oxygens (including phenoxy) is 1. The predicted octanol–water partition coefficient (Wildman–Crippen LogP) is 4.71. The molecule has 1 aromatic rings. The highest BCUT2D eigenvalue weighted by atomic mass is 32.1. The lowest BCUT2D eigenvalue weighted by molar-refractivity contribution is -0.133. The van der Waals surface area contributed by atoms with E-state index in [4.69, 9.17) is 4.74 Å². The maximum Gasteiger partial charge on any atom is 0.223 e. The molecule has 5 heteroatoms. The number of carbonyl (C=O) groups is 1. The van der Waals surface area contributed by atoms with Crippen LogP contribution in [0, 0.1) is 11.8 Å². The predicted molar refractivity (Wildman–Crippen MR) is 115 cm³/mol. The molecule has 0 radical (unpaired) electrons. The van der Waals surface area contributed by atoms with Crippen LogP contribution in [0.15, 0.2) is 6.07 Å². The van der Waals surface area contributed by atoms with Gasteiger partial charge in [0.15, 0.2) is 5.06 Å². The van der Waals surface area contributed by atoms with Crippen LogP contribution < -0.4 is 4.74 Å². The van der Waals surface area contributed by atoms with Gasteiger partial charge < -0.3 is 9.64 Å². The first-order valence-corrected chi connectivity index (χ1v) is 12.1. The Morgan fingerprint density at radius 1 is 1.21 bits per heavy atom. The fraction of sp³-hybridized carbons (Fsp3) is 0.783. The standard InChI is InChI=1S/C23H36N2O2S/c1-16(2)24-10-8-20(15-24)27-23-13-19-14-25(11-9-21(19)28-23)22(26)12-18-6-4-17(3)5-7-18/h13,16-18,20H,4-12,14-15H2,1-3H3. The molecular formula is C23H36N2O2S. The SMILES string of the molecule is CC1CCC(CC(=O)N2CCc3sc(OC4CCN(C(C)C)C4)cc3C2)CC1. The monoisotopic (exact) mass is 404 g/mol. The third-order valence-corrected chi connectivity index (χ3v) is 8.11. The average Bonchev–Trinajstić information content (AvgIpc) is 3.29. The molecule has 2 fully saturated rings. The second-order valence-electron chi connectivity index (χ2n) is 9.53. The van der Waals surface area contributed by atoms with Crippen molar-refractivity contribution in [2.75, 3.05) is 19.6 Å². The lowest BCUT2D eigenvalue weighted by Crippen LogP contribution is -2.36. The van der Waals surface area contributed by atoms with Crippen molar-refractivity contribution in [2.45, 2.75) is 84.4 Å². The minimum atomic E-state index is 0.314. The van der Waals surface area contributed by atoms with Gasteiger partial charge >= 0.3 is 0 Å². The van der Waals surface area contributed by atoms with Gasteiger partial charge in [0.05, 0.1) is 0 Å². The summed E-state index contributed by atoms with van der Waals surface area (Å²) in [5.41, 5.74) is 1.32. The molecule has 156 valence electrons. The molecule has 3 heterocycles. The molecule has 1 amide bonds. The number of amides is 1. The molecular weight excluding hydrogens is 368 g/mol. The Labute approximate surface area is 174 Å². The number of nitrogens with zero attached hydrogens (tertiary/aromatic N) is 2. The van der Waals surface area contributed by atoms with Gasteiger partial charge in [0, 0.05) is 43.5 Å². The highest BCUT2D eigenvalue weighted by Gasteiger charge is 2.29. The summed E-state index contributed by atoms with van der Waals surface area (Å²) in [6.45, 7) is 10.7. The molecule has 1 saturated carbocycles. The van der Waals surface area contributed by atoms with Gasteiger partial charge in [0.25, 0.3) is 0 Å². The Morgan fingerprint density at radius 3 is 2.71 bits per heavy atom. The summed E-state index contributed by atoms with van der Waals surface area (Å²) < 4.78 is 6.31. The van der Waals surface area contributed by atoms with Crippen molar-refractivity contribution < 1.29 is 9.53 Å². The summed E-state index contributed by atoms with van der Waals surface area (Å²) in [6, 6.07) is 2.80. The number of rotatable bonds is 5. The quantitative estimate of drug-likeness (QED) is 0.712. The van der Waals surface area contributed by atoms with Crippen LogP contribution in [-0.2, 0) is 17.8 Å². The van der Waals surface area contributed by atoms with Crippen LogP contribution in [-0.4, -0.2) is 47.5 Å². The number of carbonyl (C=O) groups excluding carboxylic acids is 1. The van der Waals surface area contributed by atoms with Crippen molar-refractivity contribution in [3.63, 3.8) is 0 Å². The Hall–Kier alpha value is -1.07. The number of likely N-dealkylation sites (tertiary alicyclic amines) is 1. The molecule has 4 nitrogen and oxygen atoms in total. The number of hydrogen-bond donors (Lipinski definition) is 0. The number of thiophene rings is 1. The molecule has 2 aliphatic heterocycles. The van der Waals surface area contributed by atoms with Crippen LogP contribution in [0.1, 0.15) is 69.7 Å². The largest absolute Gasteiger partial charge is 0.479 e. The summed E-state index contributed by atoms with van der Waals surface area (Å²) in [5.74, 6) is 1.82. The zero-order chi connectivity index (χ0) is 19.7. The van der Waals surface area contributed by atoms with Crippen LogP contribution in [0.5, 0.6) is 5.06 Å². The van der Waals surface area contributed by atoms with Crippen LogP contribution in [0.4, 0.5) is 0 Å². The molecule has 0 bridgehead atoms. The molecule has 28 heavy (non-hydrogen) atoms. The van der Waals surface area contributed by atoms with Crippen molar-refractivity contribution in [1.82, 2.24) is 9.80 Å². The smallest absolute Gasteiger partial charge is 0.223 e. The van der Waals surface area contributed by atoms with E-state index in [0.717, 1.165) is 56.4 Å². The maximum absolute atomic E-state index is 12.8. The zero-order valence-electron chi connectivity index (χ0n) is 17.8. The second kappa shape index (κ2) is 8.74. The van der Waals surface area contributed by atoms with Crippen LogP contribution in [0.2, 0.25) is 0 Å². The van der Waals surface area contributed by atoms with Gasteiger partial charge in [-0.05, 0) is 63.0 Å². The highest BCUT2D eigenvalue weighted by Crippen LogP contribution is 2.36. The number of fused-ring (bicyclic) bond motifs is 1.